The van der Waals surface area contributed by atoms with E-state index in [9.17, 15) is 9.59 Å². The van der Waals surface area contributed by atoms with Crippen molar-refractivity contribution in [1.29, 1.82) is 0 Å². The van der Waals surface area contributed by atoms with Gasteiger partial charge in [0.1, 0.15) is 5.03 Å². The van der Waals surface area contributed by atoms with E-state index >= 15 is 0 Å². The van der Waals surface area contributed by atoms with Crippen LogP contribution in [-0.4, -0.2) is 48.1 Å². The zero-order valence-corrected chi connectivity index (χ0v) is 17.4. The van der Waals surface area contributed by atoms with Crippen LogP contribution in [0.2, 0.25) is 0 Å². The second-order valence-corrected chi connectivity index (χ2v) is 7.79. The highest BCUT2D eigenvalue weighted by molar-refractivity contribution is 7.99. The third-order valence-electron chi connectivity index (χ3n) is 4.63. The molecule has 1 aromatic heterocycles. The first kappa shape index (κ1) is 21.1. The predicted octanol–water partition coefficient (Wildman–Crippen LogP) is 2.91. The SMILES string of the molecule is CCOC(=O)CCNC(=O)[C@@H]1CCCN(c2nccnc2Sc2ccccc2)C1. The Morgan fingerprint density at radius 2 is 2.03 bits per heavy atom. The first-order chi connectivity index (χ1) is 14.2. The molecule has 1 N–H and O–H groups in total. The van der Waals surface area contributed by atoms with E-state index in [0.29, 0.717) is 19.7 Å². The van der Waals surface area contributed by atoms with Crippen molar-refractivity contribution in [2.24, 2.45) is 5.92 Å². The van der Waals surface area contributed by atoms with Crippen molar-refractivity contribution in [3.63, 3.8) is 0 Å². The standard InChI is InChI=1S/C21H26N4O3S/c1-2-28-18(26)10-11-23-20(27)16-7-6-14-25(15-16)19-21(24-13-12-22-19)29-17-8-4-3-5-9-17/h3-5,8-9,12-13,16H,2,6-7,10-11,14-15H2,1H3,(H,23,27)/t16-/m1/s1. The highest BCUT2D eigenvalue weighted by Crippen LogP contribution is 2.33. The van der Waals surface area contributed by atoms with Gasteiger partial charge in [-0.05, 0) is 31.9 Å². The fourth-order valence-corrected chi connectivity index (χ4v) is 4.16. The first-order valence-electron chi connectivity index (χ1n) is 9.89. The van der Waals surface area contributed by atoms with Crippen LogP contribution in [-0.2, 0) is 14.3 Å². The number of nitrogens with zero attached hydrogens (tertiary/aromatic N) is 3. The van der Waals surface area contributed by atoms with E-state index < -0.39 is 0 Å². The predicted molar refractivity (Wildman–Crippen MR) is 112 cm³/mol. The van der Waals surface area contributed by atoms with Crippen molar-refractivity contribution in [2.75, 3.05) is 31.1 Å². The first-order valence-corrected chi connectivity index (χ1v) is 10.7. The van der Waals surface area contributed by atoms with E-state index in [-0.39, 0.29) is 24.2 Å². The number of nitrogens with one attached hydrogen (secondary N) is 1. The quantitative estimate of drug-likeness (QED) is 0.665. The lowest BCUT2D eigenvalue weighted by Gasteiger charge is -2.33. The number of aromatic nitrogens is 2. The molecule has 1 amide bonds. The number of rotatable bonds is 8. The van der Waals surface area contributed by atoms with Crippen molar-refractivity contribution >= 4 is 29.5 Å². The second-order valence-electron chi connectivity index (χ2n) is 6.73. The summed E-state index contributed by atoms with van der Waals surface area (Å²) in [6.07, 6.45) is 5.30. The molecule has 2 heterocycles. The molecule has 154 valence electrons. The van der Waals surface area contributed by atoms with Crippen molar-refractivity contribution in [1.82, 2.24) is 15.3 Å². The summed E-state index contributed by atoms with van der Waals surface area (Å²) >= 11 is 1.57. The van der Waals surface area contributed by atoms with Gasteiger partial charge in [-0.25, -0.2) is 9.97 Å². The number of benzene rings is 1. The normalized spacial score (nSPS) is 16.3. The summed E-state index contributed by atoms with van der Waals surface area (Å²) in [4.78, 5) is 36.3. The molecule has 0 saturated carbocycles. The molecule has 1 aromatic carbocycles. The van der Waals surface area contributed by atoms with Gasteiger partial charge in [-0.2, -0.15) is 0 Å². The van der Waals surface area contributed by atoms with Crippen molar-refractivity contribution in [2.45, 2.75) is 36.1 Å². The average Bonchev–Trinajstić information content (AvgIpc) is 2.75. The zero-order valence-electron chi connectivity index (χ0n) is 16.5. The van der Waals surface area contributed by atoms with E-state index in [2.05, 4.69) is 20.2 Å². The number of ether oxygens (including phenoxy) is 1. The van der Waals surface area contributed by atoms with Gasteiger partial charge in [-0.1, -0.05) is 30.0 Å². The fourth-order valence-electron chi connectivity index (χ4n) is 3.26. The molecule has 0 radical (unpaired) electrons. The van der Waals surface area contributed by atoms with Crippen LogP contribution in [0.4, 0.5) is 5.82 Å². The van der Waals surface area contributed by atoms with Crippen LogP contribution in [0.15, 0.2) is 52.6 Å². The average molecular weight is 415 g/mol. The number of anilines is 1. The van der Waals surface area contributed by atoms with Crippen LogP contribution in [0, 0.1) is 5.92 Å². The minimum absolute atomic E-state index is 0.0276. The van der Waals surface area contributed by atoms with Crippen LogP contribution in [0.25, 0.3) is 0 Å². The Hall–Kier alpha value is -2.61. The molecule has 1 aliphatic heterocycles. The fraction of sp³-hybridized carbons (Fsp3) is 0.429. The molecule has 8 heteroatoms. The molecular weight excluding hydrogens is 388 g/mol. The summed E-state index contributed by atoms with van der Waals surface area (Å²) in [7, 11) is 0. The van der Waals surface area contributed by atoms with E-state index in [0.717, 1.165) is 35.1 Å². The molecule has 29 heavy (non-hydrogen) atoms. The maximum atomic E-state index is 12.6. The largest absolute Gasteiger partial charge is 0.466 e. The maximum Gasteiger partial charge on any atom is 0.307 e. The summed E-state index contributed by atoms with van der Waals surface area (Å²) in [5.74, 6) is 0.355. The third-order valence-corrected chi connectivity index (χ3v) is 5.62. The van der Waals surface area contributed by atoms with Gasteiger partial charge in [0.05, 0.1) is 18.9 Å². The Morgan fingerprint density at radius 3 is 2.83 bits per heavy atom. The summed E-state index contributed by atoms with van der Waals surface area (Å²) in [5, 5.41) is 3.70. The Kier molecular flexibility index (Phi) is 7.86. The third kappa shape index (κ3) is 6.19. The molecule has 0 aliphatic carbocycles. The summed E-state index contributed by atoms with van der Waals surface area (Å²) < 4.78 is 4.89. The Labute approximate surface area is 175 Å². The summed E-state index contributed by atoms with van der Waals surface area (Å²) in [6, 6.07) is 10.1. The van der Waals surface area contributed by atoms with Crippen LogP contribution in [0.5, 0.6) is 0 Å². The van der Waals surface area contributed by atoms with Gasteiger partial charge in [0.2, 0.25) is 5.91 Å². The van der Waals surface area contributed by atoms with Crippen LogP contribution in [0.3, 0.4) is 0 Å². The lowest BCUT2D eigenvalue weighted by Crippen LogP contribution is -2.44. The van der Waals surface area contributed by atoms with Crippen molar-refractivity contribution in [3.8, 4) is 0 Å². The second kappa shape index (κ2) is 10.8. The lowest BCUT2D eigenvalue weighted by molar-refractivity contribution is -0.143. The minimum atomic E-state index is -0.291. The van der Waals surface area contributed by atoms with E-state index in [1.54, 1.807) is 31.1 Å². The van der Waals surface area contributed by atoms with Gasteiger partial charge in [-0.3, -0.25) is 9.59 Å². The molecule has 1 aliphatic rings. The molecule has 7 nitrogen and oxygen atoms in total. The number of carbonyl (C=O) groups is 2. The molecular formula is C21H26N4O3S. The number of esters is 1. The van der Waals surface area contributed by atoms with Gasteiger partial charge in [0, 0.05) is 36.9 Å². The molecule has 1 fully saturated rings. The summed E-state index contributed by atoms with van der Waals surface area (Å²) in [6.45, 7) is 3.85. The topological polar surface area (TPSA) is 84.4 Å². The number of hydrogen-bond donors (Lipinski definition) is 1. The molecule has 2 aromatic rings. The van der Waals surface area contributed by atoms with Gasteiger partial charge in [-0.15, -0.1) is 0 Å². The molecule has 1 atom stereocenters. The van der Waals surface area contributed by atoms with Crippen molar-refractivity contribution < 1.29 is 14.3 Å². The zero-order chi connectivity index (χ0) is 20.5. The van der Waals surface area contributed by atoms with Gasteiger partial charge >= 0.3 is 5.97 Å². The van der Waals surface area contributed by atoms with Gasteiger partial charge < -0.3 is 15.0 Å². The van der Waals surface area contributed by atoms with Crippen LogP contribution < -0.4 is 10.2 Å². The molecule has 0 unspecified atom stereocenters. The highest BCUT2D eigenvalue weighted by Gasteiger charge is 2.28. The van der Waals surface area contributed by atoms with Crippen LogP contribution in [0.1, 0.15) is 26.2 Å². The number of piperidine rings is 1. The Balaban J connectivity index is 1.60. The molecule has 0 spiro atoms. The van der Waals surface area contributed by atoms with Crippen molar-refractivity contribution in [3.05, 3.63) is 42.7 Å². The van der Waals surface area contributed by atoms with Crippen LogP contribution >= 0.6 is 11.8 Å². The molecule has 0 bridgehead atoms. The van der Waals surface area contributed by atoms with E-state index in [1.165, 1.54) is 0 Å². The van der Waals surface area contributed by atoms with E-state index in [4.69, 9.17) is 4.74 Å². The number of amides is 1. The lowest BCUT2D eigenvalue weighted by atomic mass is 9.97. The molecule has 3 rings (SSSR count). The number of hydrogen-bond acceptors (Lipinski definition) is 7. The smallest absolute Gasteiger partial charge is 0.307 e. The highest BCUT2D eigenvalue weighted by atomic mass is 32.2. The number of carbonyl (C=O) groups excluding carboxylic acids is 2. The molecule has 1 saturated heterocycles. The van der Waals surface area contributed by atoms with E-state index in [1.807, 2.05) is 30.3 Å². The Morgan fingerprint density at radius 1 is 1.24 bits per heavy atom. The van der Waals surface area contributed by atoms with Gasteiger partial charge in [0.25, 0.3) is 0 Å². The summed E-state index contributed by atoms with van der Waals surface area (Å²) in [5.41, 5.74) is 0. The minimum Gasteiger partial charge on any atom is -0.466 e. The van der Waals surface area contributed by atoms with Gasteiger partial charge in [0.15, 0.2) is 5.82 Å². The Bertz CT molecular complexity index is 819. The monoisotopic (exact) mass is 414 g/mol. The maximum absolute atomic E-state index is 12.6.